The summed E-state index contributed by atoms with van der Waals surface area (Å²) in [7, 11) is 0. The molecule has 0 aliphatic carbocycles. The van der Waals surface area contributed by atoms with Crippen molar-refractivity contribution < 1.29 is 14.3 Å². The predicted octanol–water partition coefficient (Wildman–Crippen LogP) is 1.83. The van der Waals surface area contributed by atoms with Crippen molar-refractivity contribution in [1.29, 1.82) is 0 Å². The Hall–Kier alpha value is -1.68. The Morgan fingerprint density at radius 3 is 2.50 bits per heavy atom. The van der Waals surface area contributed by atoms with Crippen LogP contribution < -0.4 is 0 Å². The fourth-order valence-corrected chi connectivity index (χ4v) is 2.52. The number of hydrogen-bond acceptors (Lipinski definition) is 4. The third kappa shape index (κ3) is 3.90. The van der Waals surface area contributed by atoms with Crippen LogP contribution in [0, 0.1) is 0 Å². The zero-order valence-corrected chi connectivity index (χ0v) is 11.9. The van der Waals surface area contributed by atoms with Crippen molar-refractivity contribution in [3.8, 4) is 0 Å². The molecule has 1 fully saturated rings. The van der Waals surface area contributed by atoms with Gasteiger partial charge in [0.2, 0.25) is 0 Å². The third-order valence-corrected chi connectivity index (χ3v) is 3.63. The molecule has 1 atom stereocenters. The first-order chi connectivity index (χ1) is 9.70. The first-order valence-electron chi connectivity index (χ1n) is 7.17. The number of esters is 1. The van der Waals surface area contributed by atoms with Gasteiger partial charge in [-0.1, -0.05) is 30.3 Å². The molecule has 1 saturated heterocycles. The second kappa shape index (κ2) is 7.20. The predicted molar refractivity (Wildman–Crippen MR) is 76.4 cm³/mol. The summed E-state index contributed by atoms with van der Waals surface area (Å²) >= 11 is 0. The molecule has 4 nitrogen and oxygen atoms in total. The molecule has 1 aliphatic heterocycles. The average molecular weight is 275 g/mol. The molecule has 1 heterocycles. The van der Waals surface area contributed by atoms with Gasteiger partial charge in [-0.15, -0.1) is 0 Å². The van der Waals surface area contributed by atoms with Gasteiger partial charge in [-0.3, -0.25) is 14.5 Å². The van der Waals surface area contributed by atoms with E-state index in [1.165, 1.54) is 0 Å². The van der Waals surface area contributed by atoms with Crippen LogP contribution in [-0.2, 0) is 20.7 Å². The van der Waals surface area contributed by atoms with Gasteiger partial charge in [0, 0.05) is 25.9 Å². The van der Waals surface area contributed by atoms with Gasteiger partial charge >= 0.3 is 5.97 Å². The Balaban J connectivity index is 2.08. The smallest absolute Gasteiger partial charge is 0.323 e. The van der Waals surface area contributed by atoms with Crippen molar-refractivity contribution in [1.82, 2.24) is 4.90 Å². The van der Waals surface area contributed by atoms with E-state index in [4.69, 9.17) is 4.74 Å². The molecule has 0 N–H and O–H groups in total. The highest BCUT2D eigenvalue weighted by atomic mass is 16.5. The number of carbonyl (C=O) groups excluding carboxylic acids is 2. The molecular formula is C16H21NO3. The number of carbonyl (C=O) groups is 2. The fraction of sp³-hybridized carbons (Fsp3) is 0.500. The summed E-state index contributed by atoms with van der Waals surface area (Å²) in [4.78, 5) is 25.6. The van der Waals surface area contributed by atoms with Crippen molar-refractivity contribution in [2.75, 3.05) is 19.7 Å². The summed E-state index contributed by atoms with van der Waals surface area (Å²) in [6.45, 7) is 3.50. The lowest BCUT2D eigenvalue weighted by molar-refractivity contribution is -0.150. The number of piperidine rings is 1. The first kappa shape index (κ1) is 14.7. The summed E-state index contributed by atoms with van der Waals surface area (Å²) in [6, 6.07) is 9.64. The van der Waals surface area contributed by atoms with Crippen molar-refractivity contribution in [3.63, 3.8) is 0 Å². The number of ketones is 1. The first-order valence-corrected chi connectivity index (χ1v) is 7.17. The quantitative estimate of drug-likeness (QED) is 0.769. The van der Waals surface area contributed by atoms with Gasteiger partial charge in [0.1, 0.15) is 11.8 Å². The van der Waals surface area contributed by atoms with E-state index in [-0.39, 0.29) is 17.8 Å². The molecule has 1 aromatic carbocycles. The highest BCUT2D eigenvalue weighted by Gasteiger charge is 2.30. The number of hydrogen-bond donors (Lipinski definition) is 0. The monoisotopic (exact) mass is 275 g/mol. The number of Topliss-reactive ketones (excluding diaryl/α,β-unsaturated/α-hetero) is 1. The van der Waals surface area contributed by atoms with E-state index in [1.807, 2.05) is 37.3 Å². The van der Waals surface area contributed by atoms with Gasteiger partial charge in [0.05, 0.1) is 6.61 Å². The van der Waals surface area contributed by atoms with Crippen LogP contribution in [0.4, 0.5) is 0 Å². The summed E-state index contributed by atoms with van der Waals surface area (Å²) in [5.41, 5.74) is 1.11. The lowest BCUT2D eigenvalue weighted by Crippen LogP contribution is -2.47. The maximum absolute atomic E-state index is 12.2. The molecule has 1 aromatic rings. The Morgan fingerprint density at radius 1 is 1.25 bits per heavy atom. The van der Waals surface area contributed by atoms with E-state index in [1.54, 1.807) is 0 Å². The topological polar surface area (TPSA) is 46.6 Å². The van der Waals surface area contributed by atoms with Crippen LogP contribution in [0.5, 0.6) is 0 Å². The normalized spacial score (nSPS) is 17.8. The minimum absolute atomic E-state index is 0.189. The molecular weight excluding hydrogens is 254 g/mol. The SMILES string of the molecule is CCOC(=O)C(Cc1ccccc1)N1CCC(=O)CC1. The lowest BCUT2D eigenvalue weighted by atomic mass is 10.0. The van der Waals surface area contributed by atoms with Crippen LogP contribution >= 0.6 is 0 Å². The highest BCUT2D eigenvalue weighted by molar-refractivity contribution is 5.80. The van der Waals surface area contributed by atoms with E-state index in [9.17, 15) is 9.59 Å². The molecule has 20 heavy (non-hydrogen) atoms. The van der Waals surface area contributed by atoms with E-state index in [0.29, 0.717) is 39.0 Å². The van der Waals surface area contributed by atoms with E-state index in [2.05, 4.69) is 4.90 Å². The van der Waals surface area contributed by atoms with Crippen LogP contribution in [0.25, 0.3) is 0 Å². The molecule has 0 radical (unpaired) electrons. The van der Waals surface area contributed by atoms with Crippen LogP contribution in [0.1, 0.15) is 25.3 Å². The summed E-state index contributed by atoms with van der Waals surface area (Å²) in [6.07, 6.45) is 1.70. The second-order valence-corrected chi connectivity index (χ2v) is 5.03. The minimum atomic E-state index is -0.287. The Morgan fingerprint density at radius 2 is 1.90 bits per heavy atom. The van der Waals surface area contributed by atoms with Gasteiger partial charge < -0.3 is 4.74 Å². The Labute approximate surface area is 119 Å². The average Bonchev–Trinajstić information content (AvgIpc) is 2.47. The summed E-state index contributed by atoms with van der Waals surface area (Å²) < 4.78 is 5.19. The zero-order valence-electron chi connectivity index (χ0n) is 11.9. The summed E-state index contributed by atoms with van der Waals surface area (Å²) in [5.74, 6) is 0.0919. The third-order valence-electron chi connectivity index (χ3n) is 3.63. The Bertz CT molecular complexity index is 448. The number of benzene rings is 1. The van der Waals surface area contributed by atoms with Crippen molar-refractivity contribution >= 4 is 11.8 Å². The highest BCUT2D eigenvalue weighted by Crippen LogP contribution is 2.15. The second-order valence-electron chi connectivity index (χ2n) is 5.03. The Kier molecular flexibility index (Phi) is 5.30. The van der Waals surface area contributed by atoms with Gasteiger partial charge in [-0.2, -0.15) is 0 Å². The van der Waals surface area contributed by atoms with Gasteiger partial charge in [0.15, 0.2) is 0 Å². The van der Waals surface area contributed by atoms with Crippen LogP contribution in [0.15, 0.2) is 30.3 Å². The maximum Gasteiger partial charge on any atom is 0.323 e. The van der Waals surface area contributed by atoms with E-state index >= 15 is 0 Å². The zero-order chi connectivity index (χ0) is 14.4. The molecule has 0 aromatic heterocycles. The van der Waals surface area contributed by atoms with Gasteiger partial charge in [0.25, 0.3) is 0 Å². The van der Waals surface area contributed by atoms with Crippen LogP contribution in [-0.4, -0.2) is 42.4 Å². The number of likely N-dealkylation sites (tertiary alicyclic amines) is 1. The minimum Gasteiger partial charge on any atom is -0.465 e. The molecule has 0 spiro atoms. The van der Waals surface area contributed by atoms with Gasteiger partial charge in [-0.05, 0) is 18.9 Å². The number of ether oxygens (including phenoxy) is 1. The van der Waals surface area contributed by atoms with Crippen molar-refractivity contribution in [2.24, 2.45) is 0 Å². The van der Waals surface area contributed by atoms with Crippen molar-refractivity contribution in [2.45, 2.75) is 32.2 Å². The van der Waals surface area contributed by atoms with E-state index in [0.717, 1.165) is 5.56 Å². The van der Waals surface area contributed by atoms with E-state index < -0.39 is 0 Å². The van der Waals surface area contributed by atoms with Crippen LogP contribution in [0.3, 0.4) is 0 Å². The molecule has 1 unspecified atom stereocenters. The molecule has 1 aliphatic rings. The lowest BCUT2D eigenvalue weighted by Gasteiger charge is -2.32. The maximum atomic E-state index is 12.2. The van der Waals surface area contributed by atoms with Crippen molar-refractivity contribution in [3.05, 3.63) is 35.9 Å². The molecule has 0 amide bonds. The number of rotatable bonds is 5. The fourth-order valence-electron chi connectivity index (χ4n) is 2.52. The van der Waals surface area contributed by atoms with Gasteiger partial charge in [-0.25, -0.2) is 0 Å². The molecule has 0 bridgehead atoms. The largest absolute Gasteiger partial charge is 0.465 e. The molecule has 108 valence electrons. The molecule has 2 rings (SSSR count). The standard InChI is InChI=1S/C16H21NO3/c1-2-20-16(19)15(12-13-6-4-3-5-7-13)17-10-8-14(18)9-11-17/h3-7,15H,2,8-12H2,1H3. The summed E-state index contributed by atoms with van der Waals surface area (Å²) in [5, 5.41) is 0. The molecule has 4 heteroatoms. The molecule has 0 saturated carbocycles. The number of nitrogens with zero attached hydrogens (tertiary/aromatic N) is 1. The van der Waals surface area contributed by atoms with Crippen LogP contribution in [0.2, 0.25) is 0 Å².